The number of anilines is 1. The van der Waals surface area contributed by atoms with Crippen LogP contribution in [0.4, 0.5) is 5.69 Å². The van der Waals surface area contributed by atoms with Crippen molar-refractivity contribution in [1.29, 1.82) is 0 Å². The third-order valence-electron chi connectivity index (χ3n) is 4.87. The number of fused-ring (bicyclic) bond motifs is 2. The van der Waals surface area contributed by atoms with Crippen LogP contribution in [0.1, 0.15) is 25.3 Å². The van der Waals surface area contributed by atoms with E-state index in [2.05, 4.69) is 11.9 Å². The maximum absolute atomic E-state index is 13.0. The zero-order valence-electron chi connectivity index (χ0n) is 16.5. The van der Waals surface area contributed by atoms with E-state index in [-0.39, 0.29) is 17.2 Å². The van der Waals surface area contributed by atoms with E-state index in [0.717, 1.165) is 29.8 Å². The third-order valence-corrected chi connectivity index (χ3v) is 6.72. The minimum atomic E-state index is -0.0132. The Bertz CT molecular complexity index is 1110. The molecule has 1 aliphatic heterocycles. The van der Waals surface area contributed by atoms with Gasteiger partial charge in [-0.3, -0.25) is 14.2 Å². The number of rotatable bonds is 6. The van der Waals surface area contributed by atoms with E-state index in [0.29, 0.717) is 35.1 Å². The van der Waals surface area contributed by atoms with Gasteiger partial charge in [-0.05, 0) is 42.5 Å². The third kappa shape index (κ3) is 4.04. The first-order valence-corrected chi connectivity index (χ1v) is 11.6. The number of hydrogen-bond donors (Lipinski definition) is 0. The average Bonchev–Trinajstić information content (AvgIpc) is 3.20. The molecule has 1 amide bonds. The molecule has 0 N–H and O–H groups in total. The predicted octanol–water partition coefficient (Wildman–Crippen LogP) is 4.08. The van der Waals surface area contributed by atoms with Crippen LogP contribution in [-0.2, 0) is 11.3 Å². The maximum atomic E-state index is 13.0. The van der Waals surface area contributed by atoms with Crippen LogP contribution < -0.4 is 15.2 Å². The molecule has 1 aliphatic rings. The lowest BCUT2D eigenvalue weighted by atomic mass is 10.1. The average molecular weight is 430 g/mol. The number of carbonyl (C=O) groups is 1. The Kier molecular flexibility index (Phi) is 5.91. The summed E-state index contributed by atoms with van der Waals surface area (Å²) in [7, 11) is 0. The van der Waals surface area contributed by atoms with Gasteiger partial charge >= 0.3 is 0 Å². The number of thiophene rings is 1. The van der Waals surface area contributed by atoms with Crippen molar-refractivity contribution in [1.82, 2.24) is 9.55 Å². The van der Waals surface area contributed by atoms with Crippen molar-refractivity contribution in [2.45, 2.75) is 38.4 Å². The van der Waals surface area contributed by atoms with Gasteiger partial charge in [0.25, 0.3) is 5.56 Å². The quantitative estimate of drug-likeness (QED) is 0.436. The maximum Gasteiger partial charge on any atom is 0.272 e. The first-order valence-electron chi connectivity index (χ1n) is 9.73. The van der Waals surface area contributed by atoms with Crippen LogP contribution in [0.25, 0.3) is 10.2 Å². The molecular formula is C21H23N3O3S2. The summed E-state index contributed by atoms with van der Waals surface area (Å²) in [5.41, 5.74) is 2.58. The molecule has 0 bridgehead atoms. The lowest BCUT2D eigenvalue weighted by molar-refractivity contribution is -0.116. The van der Waals surface area contributed by atoms with Crippen LogP contribution in [0.2, 0.25) is 0 Å². The smallest absolute Gasteiger partial charge is 0.272 e. The van der Waals surface area contributed by atoms with Gasteiger partial charge in [0.1, 0.15) is 17.1 Å². The number of hydrogen-bond acceptors (Lipinski definition) is 6. The summed E-state index contributed by atoms with van der Waals surface area (Å²) in [5, 5.41) is 2.50. The van der Waals surface area contributed by atoms with Crippen LogP contribution in [0.5, 0.6) is 5.75 Å². The molecule has 0 unspecified atom stereocenters. The first-order chi connectivity index (χ1) is 14.1. The largest absolute Gasteiger partial charge is 0.490 e. The SMILES string of the molecule is CCCCn1c(SCC(=O)N2CCOc3ccc(C)cc32)nc2ccsc2c1=O. The summed E-state index contributed by atoms with van der Waals surface area (Å²) in [6.07, 6.45) is 1.89. The molecule has 3 aromatic rings. The van der Waals surface area contributed by atoms with Crippen molar-refractivity contribution < 1.29 is 9.53 Å². The zero-order valence-corrected chi connectivity index (χ0v) is 18.1. The van der Waals surface area contributed by atoms with Gasteiger partial charge in [0, 0.05) is 6.54 Å². The molecule has 1 aromatic carbocycles. The Morgan fingerprint density at radius 3 is 3.03 bits per heavy atom. The number of thioether (sulfide) groups is 1. The molecule has 2 aromatic heterocycles. The Hall–Kier alpha value is -2.32. The molecule has 3 heterocycles. The van der Waals surface area contributed by atoms with E-state index in [9.17, 15) is 9.59 Å². The van der Waals surface area contributed by atoms with Crippen LogP contribution in [0.3, 0.4) is 0 Å². The second-order valence-corrected chi connectivity index (χ2v) is 8.85. The number of carbonyl (C=O) groups excluding carboxylic acids is 1. The van der Waals surface area contributed by atoms with Gasteiger partial charge in [-0.2, -0.15) is 0 Å². The molecule has 0 atom stereocenters. The van der Waals surface area contributed by atoms with Gasteiger partial charge in [-0.1, -0.05) is 31.2 Å². The molecule has 0 radical (unpaired) electrons. The number of aryl methyl sites for hydroxylation is 1. The van der Waals surface area contributed by atoms with Gasteiger partial charge in [-0.15, -0.1) is 11.3 Å². The van der Waals surface area contributed by atoms with Gasteiger partial charge < -0.3 is 9.64 Å². The molecule has 0 fully saturated rings. The van der Waals surface area contributed by atoms with Gasteiger partial charge in [0.05, 0.1) is 23.5 Å². The molecule has 29 heavy (non-hydrogen) atoms. The van der Waals surface area contributed by atoms with Crippen LogP contribution in [0, 0.1) is 6.92 Å². The summed E-state index contributed by atoms with van der Waals surface area (Å²) in [6.45, 7) is 5.71. The van der Waals surface area contributed by atoms with E-state index in [1.807, 2.05) is 36.6 Å². The fourth-order valence-electron chi connectivity index (χ4n) is 3.34. The minimum Gasteiger partial charge on any atom is -0.490 e. The minimum absolute atomic E-state index is 0.00754. The highest BCUT2D eigenvalue weighted by atomic mass is 32.2. The van der Waals surface area contributed by atoms with Crippen molar-refractivity contribution in [2.24, 2.45) is 0 Å². The van der Waals surface area contributed by atoms with E-state index in [4.69, 9.17) is 4.74 Å². The van der Waals surface area contributed by atoms with Crippen molar-refractivity contribution in [2.75, 3.05) is 23.8 Å². The monoisotopic (exact) mass is 429 g/mol. The Morgan fingerprint density at radius 1 is 1.34 bits per heavy atom. The van der Waals surface area contributed by atoms with E-state index in [1.165, 1.54) is 23.1 Å². The van der Waals surface area contributed by atoms with Crippen LogP contribution in [0.15, 0.2) is 39.6 Å². The fourth-order valence-corrected chi connectivity index (χ4v) is 5.02. The van der Waals surface area contributed by atoms with Crippen molar-refractivity contribution in [3.63, 3.8) is 0 Å². The number of ether oxygens (including phenoxy) is 1. The summed E-state index contributed by atoms with van der Waals surface area (Å²) in [5.74, 6) is 0.950. The van der Waals surface area contributed by atoms with E-state index >= 15 is 0 Å². The van der Waals surface area contributed by atoms with Crippen molar-refractivity contribution >= 4 is 44.9 Å². The number of benzene rings is 1. The molecule has 8 heteroatoms. The molecule has 0 aliphatic carbocycles. The Balaban J connectivity index is 1.58. The zero-order chi connectivity index (χ0) is 20.4. The highest BCUT2D eigenvalue weighted by molar-refractivity contribution is 7.99. The molecule has 4 rings (SSSR count). The first kappa shape index (κ1) is 20.0. The Morgan fingerprint density at radius 2 is 2.21 bits per heavy atom. The molecular weight excluding hydrogens is 406 g/mol. The Labute approximate surface area is 177 Å². The highest BCUT2D eigenvalue weighted by Gasteiger charge is 2.24. The lowest BCUT2D eigenvalue weighted by Crippen LogP contribution is -2.39. The molecule has 0 spiro atoms. The second-order valence-electron chi connectivity index (χ2n) is 6.99. The molecule has 6 nitrogen and oxygen atoms in total. The topological polar surface area (TPSA) is 64.4 Å². The summed E-state index contributed by atoms with van der Waals surface area (Å²) in [4.78, 5) is 32.3. The van der Waals surface area contributed by atoms with Crippen molar-refractivity contribution in [3.8, 4) is 5.75 Å². The van der Waals surface area contributed by atoms with Gasteiger partial charge in [-0.25, -0.2) is 4.98 Å². The predicted molar refractivity (Wildman–Crippen MR) is 119 cm³/mol. The number of amides is 1. The van der Waals surface area contributed by atoms with Gasteiger partial charge in [0.2, 0.25) is 5.91 Å². The summed E-state index contributed by atoms with van der Waals surface area (Å²) in [6, 6.07) is 7.72. The van der Waals surface area contributed by atoms with E-state index in [1.54, 1.807) is 9.47 Å². The molecule has 152 valence electrons. The number of unbranched alkanes of at least 4 members (excludes halogenated alkanes) is 1. The standard InChI is InChI=1S/C21H23N3O3S2/c1-3-4-8-24-20(26)19-15(7-11-28-19)22-21(24)29-13-18(25)23-9-10-27-17-6-5-14(2)12-16(17)23/h5-7,11-12H,3-4,8-10,13H2,1-2H3. The number of nitrogens with zero attached hydrogens (tertiary/aromatic N) is 3. The van der Waals surface area contributed by atoms with E-state index < -0.39 is 0 Å². The summed E-state index contributed by atoms with van der Waals surface area (Å²) < 4.78 is 8.08. The molecule has 0 saturated heterocycles. The highest BCUT2D eigenvalue weighted by Crippen LogP contribution is 2.33. The van der Waals surface area contributed by atoms with Gasteiger partial charge in [0.15, 0.2) is 5.16 Å². The van der Waals surface area contributed by atoms with Crippen LogP contribution in [-0.4, -0.2) is 34.4 Å². The van der Waals surface area contributed by atoms with Crippen molar-refractivity contribution in [3.05, 3.63) is 45.6 Å². The lowest BCUT2D eigenvalue weighted by Gasteiger charge is -2.29. The summed E-state index contributed by atoms with van der Waals surface area (Å²) >= 11 is 2.75. The molecule has 0 saturated carbocycles. The second kappa shape index (κ2) is 8.59. The van der Waals surface area contributed by atoms with Crippen LogP contribution >= 0.6 is 23.1 Å². The normalized spacial score (nSPS) is 13.4. The fraction of sp³-hybridized carbons (Fsp3) is 0.381. The number of aromatic nitrogens is 2.